The number of hydrogen-bond acceptors (Lipinski definition) is 0. The van der Waals surface area contributed by atoms with E-state index in [-0.39, 0.29) is 16.2 Å². The Morgan fingerprint density at radius 1 is 0.422 bits per heavy atom. The Bertz CT molecular complexity index is 2370. The van der Waals surface area contributed by atoms with E-state index in [1.807, 2.05) is 0 Å². The van der Waals surface area contributed by atoms with Crippen LogP contribution in [0.1, 0.15) is 77.6 Å². The largest absolute Gasteiger partial charge is 0.0619 e. The maximum atomic E-state index is 2.52. The lowest BCUT2D eigenvalue weighted by Crippen LogP contribution is -2.16. The standard InChI is InChI=1S/C45H40/c1-43(2,3)28-19-27(20-29(22-28)44(4,5)6)30-16-15-26-21-37-34-23-36-31-11-9-10-12-38(31)45(7,8)39(36)24-35(34)33-18-14-25-13-17-32(30)40(26)41(25)42(33)37/h9-24H,1-8H3. The molecule has 0 saturated heterocycles. The third-order valence-electron chi connectivity index (χ3n) is 11.0. The van der Waals surface area contributed by atoms with E-state index in [9.17, 15) is 0 Å². The van der Waals surface area contributed by atoms with Crippen molar-refractivity contribution < 1.29 is 0 Å². The van der Waals surface area contributed by atoms with E-state index >= 15 is 0 Å². The monoisotopic (exact) mass is 580 g/mol. The van der Waals surface area contributed by atoms with Crippen LogP contribution in [0.3, 0.4) is 0 Å². The van der Waals surface area contributed by atoms with E-state index in [4.69, 9.17) is 0 Å². The van der Waals surface area contributed by atoms with Crippen LogP contribution < -0.4 is 0 Å². The predicted octanol–water partition coefficient (Wildman–Crippen LogP) is 12.8. The van der Waals surface area contributed by atoms with Crippen molar-refractivity contribution in [3.05, 3.63) is 119 Å². The molecule has 7 aromatic rings. The highest BCUT2D eigenvalue weighted by atomic mass is 14.4. The number of hydrogen-bond donors (Lipinski definition) is 0. The van der Waals surface area contributed by atoms with Gasteiger partial charge in [-0.2, -0.15) is 0 Å². The van der Waals surface area contributed by atoms with Gasteiger partial charge >= 0.3 is 0 Å². The molecule has 9 rings (SSSR count). The molecule has 0 saturated carbocycles. The number of benzene rings is 7. The number of rotatable bonds is 1. The first kappa shape index (κ1) is 26.9. The van der Waals surface area contributed by atoms with Crippen LogP contribution in [0, 0.1) is 0 Å². The van der Waals surface area contributed by atoms with Gasteiger partial charge in [-0.25, -0.2) is 0 Å². The lowest BCUT2D eigenvalue weighted by Gasteiger charge is -2.26. The van der Waals surface area contributed by atoms with Crippen LogP contribution in [0.2, 0.25) is 0 Å². The minimum Gasteiger partial charge on any atom is -0.0619 e. The van der Waals surface area contributed by atoms with Crippen molar-refractivity contribution in [2.45, 2.75) is 71.6 Å². The Hall–Kier alpha value is -4.42. The molecule has 2 aliphatic rings. The zero-order valence-corrected chi connectivity index (χ0v) is 27.7. The van der Waals surface area contributed by atoms with Crippen LogP contribution in [0.25, 0.3) is 76.8 Å². The highest BCUT2D eigenvalue weighted by molar-refractivity contribution is 6.33. The molecule has 0 fully saturated rings. The Morgan fingerprint density at radius 2 is 1.07 bits per heavy atom. The van der Waals surface area contributed by atoms with Gasteiger partial charge < -0.3 is 0 Å². The van der Waals surface area contributed by atoms with Crippen LogP contribution in [-0.4, -0.2) is 0 Å². The topological polar surface area (TPSA) is 0 Å². The van der Waals surface area contributed by atoms with Gasteiger partial charge in [-0.15, -0.1) is 0 Å². The molecule has 0 radical (unpaired) electrons. The van der Waals surface area contributed by atoms with Gasteiger partial charge in [0.1, 0.15) is 0 Å². The molecule has 0 unspecified atom stereocenters. The quantitative estimate of drug-likeness (QED) is 0.169. The van der Waals surface area contributed by atoms with Crippen molar-refractivity contribution in [3.8, 4) is 44.5 Å². The molecule has 0 N–H and O–H groups in total. The lowest BCUT2D eigenvalue weighted by atomic mass is 9.78. The first-order valence-corrected chi connectivity index (χ1v) is 16.5. The maximum Gasteiger partial charge on any atom is 0.0159 e. The van der Waals surface area contributed by atoms with E-state index in [2.05, 4.69) is 152 Å². The normalized spacial score (nSPS) is 14.8. The predicted molar refractivity (Wildman–Crippen MR) is 195 cm³/mol. The maximum absolute atomic E-state index is 2.52. The molecule has 0 aromatic heterocycles. The molecule has 2 aliphatic carbocycles. The SMILES string of the molecule is CC(C)(C)c1cc(-c2ccc3cc4c5c(ccc6ccc2c3c65)-c2cc3c(cc2-4)-c2ccccc2C3(C)C)cc(C(C)(C)C)c1. The molecule has 0 nitrogen and oxygen atoms in total. The summed E-state index contributed by atoms with van der Waals surface area (Å²) in [5.41, 5.74) is 16.8. The van der Waals surface area contributed by atoms with Crippen molar-refractivity contribution in [2.75, 3.05) is 0 Å². The van der Waals surface area contributed by atoms with E-state index in [0.717, 1.165) is 0 Å². The summed E-state index contributed by atoms with van der Waals surface area (Å²) in [7, 11) is 0. The Morgan fingerprint density at radius 3 is 1.80 bits per heavy atom. The highest BCUT2D eigenvalue weighted by Gasteiger charge is 2.37. The fourth-order valence-electron chi connectivity index (χ4n) is 8.45. The third-order valence-corrected chi connectivity index (χ3v) is 11.0. The van der Waals surface area contributed by atoms with Gasteiger partial charge in [0.2, 0.25) is 0 Å². The second kappa shape index (κ2) is 8.43. The van der Waals surface area contributed by atoms with Gasteiger partial charge in [-0.05, 0) is 128 Å². The molecular weight excluding hydrogens is 540 g/mol. The summed E-state index contributed by atoms with van der Waals surface area (Å²) in [5.74, 6) is 0. The summed E-state index contributed by atoms with van der Waals surface area (Å²) in [6.45, 7) is 18.7. The van der Waals surface area contributed by atoms with Crippen molar-refractivity contribution >= 4 is 32.3 Å². The van der Waals surface area contributed by atoms with Gasteiger partial charge in [0, 0.05) is 5.41 Å². The minimum atomic E-state index is -0.0107. The second-order valence-corrected chi connectivity index (χ2v) is 16.2. The fourth-order valence-corrected chi connectivity index (χ4v) is 8.45. The van der Waals surface area contributed by atoms with E-state index in [1.54, 1.807) is 0 Å². The summed E-state index contributed by atoms with van der Waals surface area (Å²) in [6, 6.07) is 38.0. The first-order chi connectivity index (χ1) is 21.3. The van der Waals surface area contributed by atoms with Crippen molar-refractivity contribution in [3.63, 3.8) is 0 Å². The Kier molecular flexibility index (Phi) is 5.05. The summed E-state index contributed by atoms with van der Waals surface area (Å²) in [4.78, 5) is 0. The molecule has 7 aromatic carbocycles. The number of fused-ring (bicyclic) bond motifs is 6. The average Bonchev–Trinajstić information content (AvgIpc) is 3.44. The van der Waals surface area contributed by atoms with Crippen LogP contribution in [0.15, 0.2) is 97.1 Å². The van der Waals surface area contributed by atoms with Gasteiger partial charge in [-0.3, -0.25) is 0 Å². The molecule has 0 spiro atoms. The molecule has 220 valence electrons. The first-order valence-electron chi connectivity index (χ1n) is 16.5. The van der Waals surface area contributed by atoms with Crippen molar-refractivity contribution in [1.82, 2.24) is 0 Å². The van der Waals surface area contributed by atoms with E-state index in [0.29, 0.717) is 0 Å². The molecule has 45 heavy (non-hydrogen) atoms. The van der Waals surface area contributed by atoms with Gasteiger partial charge in [0.15, 0.2) is 0 Å². The third kappa shape index (κ3) is 3.54. The summed E-state index contributed by atoms with van der Waals surface area (Å²) < 4.78 is 0. The van der Waals surface area contributed by atoms with Crippen LogP contribution in [-0.2, 0) is 16.2 Å². The van der Waals surface area contributed by atoms with Crippen LogP contribution >= 0.6 is 0 Å². The smallest absolute Gasteiger partial charge is 0.0159 e. The van der Waals surface area contributed by atoms with Gasteiger partial charge in [-0.1, -0.05) is 134 Å². The molecule has 0 bridgehead atoms. The second-order valence-electron chi connectivity index (χ2n) is 16.2. The molecule has 0 amide bonds. The zero-order chi connectivity index (χ0) is 31.2. The lowest BCUT2D eigenvalue weighted by molar-refractivity contribution is 0.569. The molecular formula is C45H40. The zero-order valence-electron chi connectivity index (χ0n) is 27.7. The van der Waals surface area contributed by atoms with Crippen LogP contribution in [0.4, 0.5) is 0 Å². The van der Waals surface area contributed by atoms with Crippen LogP contribution in [0.5, 0.6) is 0 Å². The van der Waals surface area contributed by atoms with Gasteiger partial charge in [0.05, 0.1) is 0 Å². The molecule has 0 aliphatic heterocycles. The van der Waals surface area contributed by atoms with E-state index in [1.165, 1.54) is 99.1 Å². The summed E-state index contributed by atoms with van der Waals surface area (Å²) in [6.07, 6.45) is 0. The van der Waals surface area contributed by atoms with E-state index < -0.39 is 0 Å². The van der Waals surface area contributed by atoms with Crippen molar-refractivity contribution in [1.29, 1.82) is 0 Å². The van der Waals surface area contributed by atoms with Gasteiger partial charge in [0.25, 0.3) is 0 Å². The van der Waals surface area contributed by atoms with Crippen molar-refractivity contribution in [2.24, 2.45) is 0 Å². The molecule has 0 heteroatoms. The summed E-state index contributed by atoms with van der Waals surface area (Å²) in [5, 5.41) is 8.24. The fraction of sp³-hybridized carbons (Fsp3) is 0.244. The Balaban J connectivity index is 1.33. The average molecular weight is 581 g/mol. The molecule has 0 heterocycles. The molecule has 0 atom stereocenters. The summed E-state index contributed by atoms with van der Waals surface area (Å²) >= 11 is 0. The highest BCUT2D eigenvalue weighted by Crippen LogP contribution is 2.57. The minimum absolute atomic E-state index is 0.0107. The Labute approximate surface area is 267 Å².